The average molecular weight is 365 g/mol. The molecule has 1 N–H and O–H groups in total. The molecule has 7 heteroatoms. The zero-order valence-corrected chi connectivity index (χ0v) is 14.2. The number of anilines is 1. The van der Waals surface area contributed by atoms with E-state index >= 15 is 0 Å². The largest absolute Gasteiger partial charge is 0.322 e. The van der Waals surface area contributed by atoms with Crippen LogP contribution < -0.4 is 5.32 Å². The van der Waals surface area contributed by atoms with Gasteiger partial charge in [-0.3, -0.25) is 4.79 Å². The van der Waals surface area contributed by atoms with Crippen molar-refractivity contribution in [2.45, 2.75) is 35.8 Å². The van der Waals surface area contributed by atoms with Gasteiger partial charge in [0, 0.05) is 11.3 Å². The van der Waals surface area contributed by atoms with Crippen LogP contribution >= 0.6 is 0 Å². The van der Waals surface area contributed by atoms with Gasteiger partial charge in [0.15, 0.2) is 21.5 Å². The first-order valence-corrected chi connectivity index (χ1v) is 9.53. The van der Waals surface area contributed by atoms with E-state index in [9.17, 15) is 22.0 Å². The third-order valence-corrected chi connectivity index (χ3v) is 6.64. The number of rotatable bonds is 4. The highest BCUT2D eigenvalue weighted by molar-refractivity contribution is 7.92. The quantitative estimate of drug-likeness (QED) is 0.893. The number of amides is 1. The van der Waals surface area contributed by atoms with Gasteiger partial charge in [-0.05, 0) is 55.3 Å². The van der Waals surface area contributed by atoms with Crippen LogP contribution in [0.3, 0.4) is 0 Å². The molecular weight excluding hydrogens is 348 g/mol. The molecule has 1 fully saturated rings. The number of halogens is 2. The molecular formula is C18H17F2NO3S. The summed E-state index contributed by atoms with van der Waals surface area (Å²) in [6.45, 7) is 0. The van der Waals surface area contributed by atoms with E-state index in [2.05, 4.69) is 5.32 Å². The van der Waals surface area contributed by atoms with Crippen molar-refractivity contribution in [1.29, 1.82) is 0 Å². The molecule has 4 nitrogen and oxygen atoms in total. The first-order chi connectivity index (χ1) is 11.9. The first-order valence-electron chi connectivity index (χ1n) is 7.98. The third-order valence-electron chi connectivity index (χ3n) is 4.36. The lowest BCUT2D eigenvalue weighted by atomic mass is 10.2. The molecule has 0 spiro atoms. The molecule has 3 rings (SSSR count). The highest BCUT2D eigenvalue weighted by Gasteiger charge is 2.30. The summed E-state index contributed by atoms with van der Waals surface area (Å²) < 4.78 is 51.1. The second kappa shape index (κ2) is 6.92. The minimum atomic E-state index is -3.35. The second-order valence-corrected chi connectivity index (χ2v) is 8.29. The Kier molecular flexibility index (Phi) is 4.85. The molecule has 0 radical (unpaired) electrons. The molecule has 1 aliphatic carbocycles. The molecule has 2 aromatic carbocycles. The van der Waals surface area contributed by atoms with Crippen molar-refractivity contribution < 1.29 is 22.0 Å². The standard InChI is InChI=1S/C18H17F2NO3S/c19-16-10-5-12(11-17(16)20)18(22)21-13-6-8-15(9-7-13)25(23,24)14-3-1-2-4-14/h5-11,14H,1-4H2,(H,21,22). The lowest BCUT2D eigenvalue weighted by Gasteiger charge is -2.12. The van der Waals surface area contributed by atoms with E-state index in [1.54, 1.807) is 0 Å². The average Bonchev–Trinajstić information content (AvgIpc) is 3.13. The van der Waals surface area contributed by atoms with E-state index in [1.165, 1.54) is 30.3 Å². The Morgan fingerprint density at radius 3 is 2.20 bits per heavy atom. The van der Waals surface area contributed by atoms with Gasteiger partial charge in [-0.25, -0.2) is 17.2 Å². The van der Waals surface area contributed by atoms with Crippen LogP contribution in [0.25, 0.3) is 0 Å². The maximum Gasteiger partial charge on any atom is 0.255 e. The molecule has 0 bridgehead atoms. The Hall–Kier alpha value is -2.28. The van der Waals surface area contributed by atoms with Crippen LogP contribution in [0.1, 0.15) is 36.0 Å². The Labute approximate surface area is 144 Å². The Morgan fingerprint density at radius 2 is 1.60 bits per heavy atom. The monoisotopic (exact) mass is 365 g/mol. The van der Waals surface area contributed by atoms with Gasteiger partial charge >= 0.3 is 0 Å². The number of sulfone groups is 1. The van der Waals surface area contributed by atoms with Crippen LogP contribution in [0, 0.1) is 11.6 Å². The van der Waals surface area contributed by atoms with Crippen LogP contribution in [-0.2, 0) is 9.84 Å². The molecule has 0 atom stereocenters. The van der Waals surface area contributed by atoms with E-state index in [0.717, 1.165) is 25.0 Å². The van der Waals surface area contributed by atoms with Crippen molar-refractivity contribution in [3.63, 3.8) is 0 Å². The fourth-order valence-electron chi connectivity index (χ4n) is 2.96. The van der Waals surface area contributed by atoms with Crippen molar-refractivity contribution in [2.75, 3.05) is 5.32 Å². The first kappa shape index (κ1) is 17.5. The van der Waals surface area contributed by atoms with E-state index in [1.807, 2.05) is 0 Å². The highest BCUT2D eigenvalue weighted by atomic mass is 32.2. The number of hydrogen-bond donors (Lipinski definition) is 1. The summed E-state index contributed by atoms with van der Waals surface area (Å²) in [5.41, 5.74) is 0.349. The van der Waals surface area contributed by atoms with Gasteiger partial charge in [0.25, 0.3) is 5.91 Å². The van der Waals surface area contributed by atoms with Gasteiger partial charge in [-0.15, -0.1) is 0 Å². The summed E-state index contributed by atoms with van der Waals surface area (Å²) in [5, 5.41) is 2.19. The fraction of sp³-hybridized carbons (Fsp3) is 0.278. The molecule has 0 saturated heterocycles. The maximum atomic E-state index is 13.2. The van der Waals surface area contributed by atoms with Crippen molar-refractivity contribution in [3.05, 3.63) is 59.7 Å². The summed E-state index contributed by atoms with van der Waals surface area (Å²) in [5.74, 6) is -2.74. The SMILES string of the molecule is O=C(Nc1ccc(S(=O)(=O)C2CCCC2)cc1)c1ccc(F)c(F)c1. The van der Waals surface area contributed by atoms with Gasteiger partial charge in [0.2, 0.25) is 0 Å². The molecule has 0 aromatic heterocycles. The Morgan fingerprint density at radius 1 is 0.960 bits per heavy atom. The predicted molar refractivity (Wildman–Crippen MR) is 90.2 cm³/mol. The van der Waals surface area contributed by atoms with Gasteiger partial charge in [0.05, 0.1) is 10.1 Å². The second-order valence-electron chi connectivity index (χ2n) is 6.06. The topological polar surface area (TPSA) is 63.2 Å². The molecule has 1 aliphatic rings. The maximum absolute atomic E-state index is 13.2. The van der Waals surface area contributed by atoms with E-state index in [-0.39, 0.29) is 15.7 Å². The van der Waals surface area contributed by atoms with Crippen LogP contribution in [0.4, 0.5) is 14.5 Å². The van der Waals surface area contributed by atoms with Gasteiger partial charge in [-0.1, -0.05) is 12.8 Å². The third kappa shape index (κ3) is 3.71. The van der Waals surface area contributed by atoms with E-state index in [0.29, 0.717) is 18.5 Å². The molecule has 2 aromatic rings. The number of benzene rings is 2. The van der Waals surface area contributed by atoms with Gasteiger partial charge in [-0.2, -0.15) is 0 Å². The highest BCUT2D eigenvalue weighted by Crippen LogP contribution is 2.30. The fourth-order valence-corrected chi connectivity index (χ4v) is 4.81. The minimum absolute atomic E-state index is 0.0263. The molecule has 1 saturated carbocycles. The smallest absolute Gasteiger partial charge is 0.255 e. The lowest BCUT2D eigenvalue weighted by molar-refractivity contribution is 0.102. The lowest BCUT2D eigenvalue weighted by Crippen LogP contribution is -2.18. The summed E-state index contributed by atoms with van der Waals surface area (Å²) in [6, 6.07) is 8.74. The van der Waals surface area contributed by atoms with Crippen molar-refractivity contribution in [1.82, 2.24) is 0 Å². The predicted octanol–water partition coefficient (Wildman–Crippen LogP) is 3.93. The van der Waals surface area contributed by atoms with Crippen molar-refractivity contribution in [2.24, 2.45) is 0 Å². The van der Waals surface area contributed by atoms with Crippen molar-refractivity contribution >= 4 is 21.4 Å². The Bertz CT molecular complexity index is 889. The van der Waals surface area contributed by atoms with Crippen molar-refractivity contribution in [3.8, 4) is 0 Å². The molecule has 1 amide bonds. The van der Waals surface area contributed by atoms with Gasteiger partial charge in [0.1, 0.15) is 0 Å². The zero-order chi connectivity index (χ0) is 18.0. The van der Waals surface area contributed by atoms with Crippen LogP contribution in [0.2, 0.25) is 0 Å². The molecule has 0 heterocycles. The summed E-state index contributed by atoms with van der Waals surface area (Å²) >= 11 is 0. The molecule has 0 aliphatic heterocycles. The van der Waals surface area contributed by atoms with Crippen LogP contribution in [0.5, 0.6) is 0 Å². The Balaban J connectivity index is 1.74. The summed E-state index contributed by atoms with van der Waals surface area (Å²) in [6.07, 6.45) is 3.20. The molecule has 0 unspecified atom stereocenters. The van der Waals surface area contributed by atoms with E-state index in [4.69, 9.17) is 0 Å². The zero-order valence-electron chi connectivity index (χ0n) is 13.3. The number of hydrogen-bond acceptors (Lipinski definition) is 3. The van der Waals surface area contributed by atoms with E-state index < -0.39 is 27.4 Å². The minimum Gasteiger partial charge on any atom is -0.322 e. The summed E-state index contributed by atoms with van der Waals surface area (Å²) in [4.78, 5) is 12.3. The molecule has 132 valence electrons. The number of carbonyl (C=O) groups is 1. The van der Waals surface area contributed by atoms with Gasteiger partial charge < -0.3 is 5.32 Å². The molecule has 25 heavy (non-hydrogen) atoms. The van der Waals surface area contributed by atoms with Crippen LogP contribution in [-0.4, -0.2) is 19.6 Å². The number of carbonyl (C=O) groups excluding carboxylic acids is 1. The summed E-state index contributed by atoms with van der Waals surface area (Å²) in [7, 11) is -3.35. The normalized spacial score (nSPS) is 15.3. The van der Waals surface area contributed by atoms with Crippen LogP contribution in [0.15, 0.2) is 47.4 Å². The number of nitrogens with one attached hydrogen (secondary N) is 1.